The molecular weight excluding hydrogens is 462 g/mol. The number of methoxy groups -OCH3 is 1. The summed E-state index contributed by atoms with van der Waals surface area (Å²) < 4.78 is 9.07. The maximum absolute atomic E-state index is 14.0. The van der Waals surface area contributed by atoms with Crippen molar-refractivity contribution >= 4 is 33.2 Å². The minimum Gasteiger partial charge on any atom is -0.497 e. The van der Waals surface area contributed by atoms with Crippen molar-refractivity contribution in [1.82, 2.24) is 24.1 Å². The summed E-state index contributed by atoms with van der Waals surface area (Å²) in [6, 6.07) is 24.0. The molecular formula is C30H27N5O2. The third-order valence-electron chi connectivity index (χ3n) is 6.89. The Bertz CT molecular complexity index is 1820. The van der Waals surface area contributed by atoms with Crippen molar-refractivity contribution in [3.8, 4) is 5.75 Å². The summed E-state index contributed by atoms with van der Waals surface area (Å²) in [6.45, 7) is 5.01. The van der Waals surface area contributed by atoms with Crippen molar-refractivity contribution in [2.45, 2.75) is 33.4 Å². The first-order valence-electron chi connectivity index (χ1n) is 12.4. The van der Waals surface area contributed by atoms with Gasteiger partial charge in [0.1, 0.15) is 22.5 Å². The second kappa shape index (κ2) is 9.17. The number of hydrogen-bond acceptors (Lipinski definition) is 5. The van der Waals surface area contributed by atoms with Crippen molar-refractivity contribution < 1.29 is 4.74 Å². The Balaban J connectivity index is 1.53. The molecule has 6 aromatic rings. The van der Waals surface area contributed by atoms with E-state index in [1.165, 1.54) is 5.56 Å². The molecule has 0 bridgehead atoms. The molecule has 3 heterocycles. The number of hydrogen-bond donors (Lipinski definition) is 0. The molecule has 0 aliphatic heterocycles. The second-order valence-corrected chi connectivity index (χ2v) is 9.37. The summed E-state index contributed by atoms with van der Waals surface area (Å²) in [5.41, 5.74) is 6.75. The zero-order valence-corrected chi connectivity index (χ0v) is 21.1. The van der Waals surface area contributed by atoms with E-state index >= 15 is 0 Å². The van der Waals surface area contributed by atoms with E-state index in [1.807, 2.05) is 47.9 Å². The molecule has 0 fully saturated rings. The van der Waals surface area contributed by atoms with Crippen LogP contribution in [0.2, 0.25) is 0 Å². The standard InChI is InChI=1S/C30H27N5O2/c1-19-8-10-22(11-9-19)18-35-20(2)31-28-26(30(35)36)27-29(33-25-7-5-4-6-24(25)32-27)34(28)17-16-21-12-14-23(37-3)15-13-21/h4-15H,16-18H2,1-3H3. The molecule has 0 spiro atoms. The fourth-order valence-corrected chi connectivity index (χ4v) is 4.80. The number of ether oxygens (including phenoxy) is 1. The number of rotatable bonds is 6. The molecule has 7 heteroatoms. The summed E-state index contributed by atoms with van der Waals surface area (Å²) in [4.78, 5) is 28.7. The van der Waals surface area contributed by atoms with Crippen LogP contribution in [-0.2, 0) is 19.5 Å². The Morgan fingerprint density at radius 2 is 1.43 bits per heavy atom. The predicted octanol–water partition coefficient (Wildman–Crippen LogP) is 5.21. The van der Waals surface area contributed by atoms with Crippen LogP contribution in [0.25, 0.3) is 33.2 Å². The SMILES string of the molecule is COc1ccc(CCn2c3nc4ccccc4nc3c3c(=O)n(Cc4ccc(C)cc4)c(C)nc32)cc1. The highest BCUT2D eigenvalue weighted by atomic mass is 16.5. The summed E-state index contributed by atoms with van der Waals surface area (Å²) >= 11 is 0. The summed E-state index contributed by atoms with van der Waals surface area (Å²) in [7, 11) is 1.66. The van der Waals surface area contributed by atoms with Gasteiger partial charge in [-0.3, -0.25) is 9.36 Å². The average molecular weight is 490 g/mol. The monoisotopic (exact) mass is 489 g/mol. The lowest BCUT2D eigenvalue weighted by Gasteiger charge is -2.11. The number of nitrogens with zero attached hydrogens (tertiary/aromatic N) is 5. The Morgan fingerprint density at radius 3 is 2.14 bits per heavy atom. The van der Waals surface area contributed by atoms with Gasteiger partial charge in [-0.1, -0.05) is 54.1 Å². The van der Waals surface area contributed by atoms with Crippen molar-refractivity contribution in [2.75, 3.05) is 7.11 Å². The van der Waals surface area contributed by atoms with Crippen molar-refractivity contribution in [1.29, 1.82) is 0 Å². The molecule has 0 amide bonds. The Kier molecular flexibility index (Phi) is 5.68. The lowest BCUT2D eigenvalue weighted by molar-refractivity contribution is 0.414. The minimum absolute atomic E-state index is 0.0964. The molecule has 0 N–H and O–H groups in total. The largest absolute Gasteiger partial charge is 0.497 e. The summed E-state index contributed by atoms with van der Waals surface area (Å²) in [5.74, 6) is 1.49. The van der Waals surface area contributed by atoms with Gasteiger partial charge < -0.3 is 9.30 Å². The van der Waals surface area contributed by atoms with Crippen LogP contribution in [0.15, 0.2) is 77.6 Å². The Hall–Kier alpha value is -4.52. The number of fused-ring (bicyclic) bond motifs is 4. The number of aromatic nitrogens is 5. The molecule has 184 valence electrons. The van der Waals surface area contributed by atoms with Crippen LogP contribution in [0.5, 0.6) is 5.75 Å². The maximum Gasteiger partial charge on any atom is 0.265 e. The summed E-state index contributed by atoms with van der Waals surface area (Å²) in [6.07, 6.45) is 0.755. The van der Waals surface area contributed by atoms with E-state index in [4.69, 9.17) is 19.7 Å². The molecule has 0 atom stereocenters. The molecule has 6 rings (SSSR count). The van der Waals surface area contributed by atoms with Crippen LogP contribution >= 0.6 is 0 Å². The van der Waals surface area contributed by atoms with Gasteiger partial charge in [0.2, 0.25) is 0 Å². The van der Waals surface area contributed by atoms with Crippen molar-refractivity contribution in [3.63, 3.8) is 0 Å². The number of benzene rings is 3. The minimum atomic E-state index is -0.0964. The van der Waals surface area contributed by atoms with E-state index in [-0.39, 0.29) is 5.56 Å². The highest BCUT2D eigenvalue weighted by molar-refractivity contribution is 6.04. The van der Waals surface area contributed by atoms with E-state index in [2.05, 4.69) is 43.3 Å². The van der Waals surface area contributed by atoms with Gasteiger partial charge >= 0.3 is 0 Å². The Labute approximate surface area is 214 Å². The van der Waals surface area contributed by atoms with Crippen LogP contribution in [0.3, 0.4) is 0 Å². The first-order chi connectivity index (χ1) is 18.0. The zero-order chi connectivity index (χ0) is 25.5. The van der Waals surface area contributed by atoms with E-state index in [0.717, 1.165) is 34.3 Å². The van der Waals surface area contributed by atoms with Crippen LogP contribution < -0.4 is 10.3 Å². The molecule has 0 aliphatic carbocycles. The molecule has 0 saturated carbocycles. The third-order valence-corrected chi connectivity index (χ3v) is 6.89. The molecule has 37 heavy (non-hydrogen) atoms. The van der Waals surface area contributed by atoms with Gasteiger partial charge in [0.25, 0.3) is 5.56 Å². The lowest BCUT2D eigenvalue weighted by Crippen LogP contribution is -2.24. The highest BCUT2D eigenvalue weighted by Gasteiger charge is 2.21. The van der Waals surface area contributed by atoms with Gasteiger partial charge in [0.05, 0.1) is 24.7 Å². The maximum atomic E-state index is 14.0. The fraction of sp³-hybridized carbons (Fsp3) is 0.200. The molecule has 7 nitrogen and oxygen atoms in total. The number of aryl methyl sites for hydroxylation is 4. The average Bonchev–Trinajstić information content (AvgIpc) is 3.21. The first kappa shape index (κ1) is 22.9. The normalized spacial score (nSPS) is 11.5. The van der Waals surface area contributed by atoms with E-state index < -0.39 is 0 Å². The van der Waals surface area contributed by atoms with Crippen molar-refractivity contribution in [3.05, 3.63) is 106 Å². The van der Waals surface area contributed by atoms with Crippen LogP contribution in [0.1, 0.15) is 22.5 Å². The quantitative estimate of drug-likeness (QED) is 0.321. The van der Waals surface area contributed by atoms with Gasteiger partial charge in [0.15, 0.2) is 11.3 Å². The van der Waals surface area contributed by atoms with Gasteiger partial charge in [-0.15, -0.1) is 0 Å². The molecule has 0 saturated heterocycles. The van der Waals surface area contributed by atoms with Crippen LogP contribution in [0, 0.1) is 13.8 Å². The van der Waals surface area contributed by atoms with E-state index in [1.54, 1.807) is 11.7 Å². The van der Waals surface area contributed by atoms with E-state index in [0.29, 0.717) is 41.1 Å². The topological polar surface area (TPSA) is 74.8 Å². The smallest absolute Gasteiger partial charge is 0.265 e. The van der Waals surface area contributed by atoms with Gasteiger partial charge in [0, 0.05) is 6.54 Å². The lowest BCUT2D eigenvalue weighted by atomic mass is 10.1. The van der Waals surface area contributed by atoms with Gasteiger partial charge in [-0.05, 0) is 55.7 Å². The number of para-hydroxylation sites is 2. The first-order valence-corrected chi connectivity index (χ1v) is 12.4. The molecule has 0 unspecified atom stereocenters. The molecule has 0 radical (unpaired) electrons. The zero-order valence-electron chi connectivity index (χ0n) is 21.1. The molecule has 0 aliphatic rings. The summed E-state index contributed by atoms with van der Waals surface area (Å²) in [5, 5.41) is 0.515. The van der Waals surface area contributed by atoms with Crippen molar-refractivity contribution in [2.24, 2.45) is 0 Å². The highest BCUT2D eigenvalue weighted by Crippen LogP contribution is 2.26. The predicted molar refractivity (Wildman–Crippen MR) is 146 cm³/mol. The van der Waals surface area contributed by atoms with Gasteiger partial charge in [-0.2, -0.15) is 0 Å². The van der Waals surface area contributed by atoms with Gasteiger partial charge in [-0.25, -0.2) is 15.0 Å². The Morgan fingerprint density at radius 1 is 0.757 bits per heavy atom. The van der Waals surface area contributed by atoms with E-state index in [9.17, 15) is 4.79 Å². The third kappa shape index (κ3) is 4.12. The fourth-order valence-electron chi connectivity index (χ4n) is 4.80. The van der Waals surface area contributed by atoms with Crippen LogP contribution in [0.4, 0.5) is 0 Å². The van der Waals surface area contributed by atoms with Crippen LogP contribution in [-0.4, -0.2) is 31.2 Å². The second-order valence-electron chi connectivity index (χ2n) is 9.37. The molecule has 3 aromatic carbocycles. The molecule has 3 aromatic heterocycles.